The number of carbonyl (C=O) groups excluding carboxylic acids is 1. The first-order chi connectivity index (χ1) is 7.24. The summed E-state index contributed by atoms with van der Waals surface area (Å²) >= 11 is 0. The van der Waals surface area contributed by atoms with Gasteiger partial charge in [-0.05, 0) is 47.0 Å². The summed E-state index contributed by atoms with van der Waals surface area (Å²) in [6.45, 7) is 8.76. The van der Waals surface area contributed by atoms with Gasteiger partial charge >= 0.3 is 6.03 Å². The highest BCUT2D eigenvalue weighted by atomic mass is 16.3. The van der Waals surface area contributed by atoms with Crippen LogP contribution in [0.15, 0.2) is 0 Å². The Kier molecular flexibility index (Phi) is 3.84. The molecule has 1 saturated heterocycles. The average Bonchev–Trinajstić information content (AvgIpc) is 2.16. The largest absolute Gasteiger partial charge is 0.388 e. The second-order valence-corrected chi connectivity index (χ2v) is 5.66. The third kappa shape index (κ3) is 3.11. The van der Waals surface area contributed by atoms with Crippen molar-refractivity contribution in [3.05, 3.63) is 0 Å². The fraction of sp³-hybridized carbons (Fsp3) is 0.917. The fourth-order valence-corrected chi connectivity index (χ4v) is 1.60. The summed E-state index contributed by atoms with van der Waals surface area (Å²) in [6.07, 6.45) is 3.37. The minimum atomic E-state index is -0.932. The van der Waals surface area contributed by atoms with Gasteiger partial charge in [0.15, 0.2) is 0 Å². The highest BCUT2D eigenvalue weighted by Gasteiger charge is 2.37. The summed E-state index contributed by atoms with van der Waals surface area (Å²) in [4.78, 5) is 13.8. The van der Waals surface area contributed by atoms with Gasteiger partial charge in [0.05, 0.1) is 11.1 Å². The van der Waals surface area contributed by atoms with Gasteiger partial charge in [-0.25, -0.2) is 4.79 Å². The van der Waals surface area contributed by atoms with Crippen LogP contribution in [0.25, 0.3) is 0 Å². The lowest BCUT2D eigenvalue weighted by Crippen LogP contribution is -2.60. The van der Waals surface area contributed by atoms with Crippen molar-refractivity contribution in [2.45, 2.75) is 58.1 Å². The third-order valence-electron chi connectivity index (χ3n) is 3.59. The Morgan fingerprint density at radius 3 is 2.06 bits per heavy atom. The van der Waals surface area contributed by atoms with Crippen LogP contribution >= 0.6 is 0 Å². The number of nitrogens with one attached hydrogen (secondary N) is 1. The molecule has 0 aliphatic carbocycles. The Labute approximate surface area is 98.0 Å². The van der Waals surface area contributed by atoms with Gasteiger partial charge in [0, 0.05) is 13.1 Å². The highest BCUT2D eigenvalue weighted by Crippen LogP contribution is 2.21. The van der Waals surface area contributed by atoms with Gasteiger partial charge in [0.25, 0.3) is 0 Å². The minimum Gasteiger partial charge on any atom is -0.388 e. The second kappa shape index (κ2) is 4.62. The van der Waals surface area contributed by atoms with E-state index in [1.165, 1.54) is 6.42 Å². The van der Waals surface area contributed by atoms with E-state index in [2.05, 4.69) is 5.32 Å². The summed E-state index contributed by atoms with van der Waals surface area (Å²) in [6, 6.07) is -0.0631. The number of hydrogen-bond acceptors (Lipinski definition) is 2. The Morgan fingerprint density at radius 2 is 1.62 bits per heavy atom. The zero-order valence-corrected chi connectivity index (χ0v) is 10.8. The van der Waals surface area contributed by atoms with Gasteiger partial charge in [-0.15, -0.1) is 0 Å². The Balaban J connectivity index is 2.56. The van der Waals surface area contributed by atoms with E-state index in [9.17, 15) is 9.90 Å². The SMILES string of the molecule is CC(C)(O)C(C)(C)NC(=O)N1CCCCC1. The molecule has 16 heavy (non-hydrogen) atoms. The van der Waals surface area contributed by atoms with Crippen LogP contribution in [0, 0.1) is 0 Å². The highest BCUT2D eigenvalue weighted by molar-refractivity contribution is 5.75. The number of amides is 2. The molecule has 0 saturated carbocycles. The van der Waals surface area contributed by atoms with E-state index in [4.69, 9.17) is 0 Å². The smallest absolute Gasteiger partial charge is 0.317 e. The van der Waals surface area contributed by atoms with Crippen molar-refractivity contribution >= 4 is 6.03 Å². The zero-order chi connectivity index (χ0) is 12.4. The quantitative estimate of drug-likeness (QED) is 0.756. The molecule has 0 aromatic rings. The predicted octanol–water partition coefficient (Wildman–Crippen LogP) is 1.73. The van der Waals surface area contributed by atoms with E-state index in [1.54, 1.807) is 13.8 Å². The van der Waals surface area contributed by atoms with Crippen LogP contribution in [0.3, 0.4) is 0 Å². The third-order valence-corrected chi connectivity index (χ3v) is 3.59. The summed E-state index contributed by atoms with van der Waals surface area (Å²) in [5.41, 5.74) is -1.56. The van der Waals surface area contributed by atoms with Gasteiger partial charge < -0.3 is 15.3 Å². The van der Waals surface area contributed by atoms with Crippen LogP contribution < -0.4 is 5.32 Å². The van der Waals surface area contributed by atoms with Gasteiger partial charge in [-0.3, -0.25) is 0 Å². The molecule has 4 heteroatoms. The molecule has 0 radical (unpaired) electrons. The monoisotopic (exact) mass is 228 g/mol. The lowest BCUT2D eigenvalue weighted by Gasteiger charge is -2.40. The molecule has 0 aromatic carbocycles. The van der Waals surface area contributed by atoms with E-state index in [-0.39, 0.29) is 6.03 Å². The maximum Gasteiger partial charge on any atom is 0.317 e. The minimum absolute atomic E-state index is 0.0631. The maximum absolute atomic E-state index is 12.0. The lowest BCUT2D eigenvalue weighted by molar-refractivity contribution is -0.00155. The summed E-state index contributed by atoms with van der Waals surface area (Å²) in [5, 5.41) is 12.9. The molecular formula is C12H24N2O2. The number of urea groups is 1. The number of aliphatic hydroxyl groups is 1. The van der Waals surface area contributed by atoms with E-state index < -0.39 is 11.1 Å². The molecule has 0 spiro atoms. The Bertz CT molecular complexity index is 250. The van der Waals surface area contributed by atoms with Gasteiger partial charge in [0.1, 0.15) is 0 Å². The number of likely N-dealkylation sites (tertiary alicyclic amines) is 1. The van der Waals surface area contributed by atoms with Crippen molar-refractivity contribution in [2.24, 2.45) is 0 Å². The molecule has 2 N–H and O–H groups in total. The summed E-state index contributed by atoms with van der Waals surface area (Å²) in [7, 11) is 0. The molecule has 2 amide bonds. The van der Waals surface area contributed by atoms with Crippen molar-refractivity contribution in [2.75, 3.05) is 13.1 Å². The van der Waals surface area contributed by atoms with E-state index in [0.717, 1.165) is 25.9 Å². The van der Waals surface area contributed by atoms with Crippen molar-refractivity contribution in [3.8, 4) is 0 Å². The van der Waals surface area contributed by atoms with Gasteiger partial charge in [-0.1, -0.05) is 0 Å². The van der Waals surface area contributed by atoms with Crippen molar-refractivity contribution < 1.29 is 9.90 Å². The number of rotatable bonds is 2. The normalized spacial score (nSPS) is 18.4. The second-order valence-electron chi connectivity index (χ2n) is 5.66. The van der Waals surface area contributed by atoms with Gasteiger partial charge in [0.2, 0.25) is 0 Å². The van der Waals surface area contributed by atoms with Gasteiger partial charge in [-0.2, -0.15) is 0 Å². The van der Waals surface area contributed by atoms with Crippen LogP contribution in [-0.2, 0) is 0 Å². The molecule has 4 nitrogen and oxygen atoms in total. The molecule has 0 unspecified atom stereocenters. The van der Waals surface area contributed by atoms with E-state index in [0.29, 0.717) is 0 Å². The maximum atomic E-state index is 12.0. The number of hydrogen-bond donors (Lipinski definition) is 2. The van der Waals surface area contributed by atoms with Crippen LogP contribution in [0.1, 0.15) is 47.0 Å². The lowest BCUT2D eigenvalue weighted by atomic mass is 9.86. The Hall–Kier alpha value is -0.770. The van der Waals surface area contributed by atoms with Crippen molar-refractivity contribution in [1.82, 2.24) is 10.2 Å². The molecule has 1 aliphatic heterocycles. The van der Waals surface area contributed by atoms with E-state index in [1.807, 2.05) is 18.7 Å². The van der Waals surface area contributed by atoms with Crippen LogP contribution in [0.5, 0.6) is 0 Å². The summed E-state index contributed by atoms with van der Waals surface area (Å²) in [5.74, 6) is 0. The number of nitrogens with zero attached hydrogens (tertiary/aromatic N) is 1. The molecule has 0 bridgehead atoms. The molecule has 94 valence electrons. The van der Waals surface area contributed by atoms with Crippen LogP contribution in [-0.4, -0.2) is 40.3 Å². The van der Waals surface area contributed by atoms with Crippen molar-refractivity contribution in [1.29, 1.82) is 0 Å². The first-order valence-corrected chi connectivity index (χ1v) is 6.03. The molecule has 1 fully saturated rings. The van der Waals surface area contributed by atoms with Crippen molar-refractivity contribution in [3.63, 3.8) is 0 Å². The number of carbonyl (C=O) groups is 1. The molecule has 1 aliphatic rings. The molecule has 0 aromatic heterocycles. The molecule has 1 heterocycles. The standard InChI is InChI=1S/C12H24N2O2/c1-11(2,12(3,4)16)13-10(15)14-8-6-5-7-9-14/h16H,5-9H2,1-4H3,(H,13,15). The van der Waals surface area contributed by atoms with Crippen LogP contribution in [0.2, 0.25) is 0 Å². The first kappa shape index (κ1) is 13.3. The molecule has 0 atom stereocenters. The van der Waals surface area contributed by atoms with Crippen LogP contribution in [0.4, 0.5) is 4.79 Å². The molecular weight excluding hydrogens is 204 g/mol. The molecule has 1 rings (SSSR count). The Morgan fingerprint density at radius 1 is 1.12 bits per heavy atom. The van der Waals surface area contributed by atoms with E-state index >= 15 is 0 Å². The predicted molar refractivity (Wildman–Crippen MR) is 64.3 cm³/mol. The average molecular weight is 228 g/mol. The first-order valence-electron chi connectivity index (χ1n) is 6.03. The fourth-order valence-electron chi connectivity index (χ4n) is 1.60. The number of piperidine rings is 1. The zero-order valence-electron chi connectivity index (χ0n) is 10.8. The summed E-state index contributed by atoms with van der Waals surface area (Å²) < 4.78 is 0. The topological polar surface area (TPSA) is 52.6 Å².